The molecule has 0 aliphatic rings. The van der Waals surface area contributed by atoms with Crippen LogP contribution in [0.15, 0.2) is 82.0 Å². The van der Waals surface area contributed by atoms with Crippen molar-refractivity contribution in [2.75, 3.05) is 5.32 Å². The number of aromatic amines is 1. The fourth-order valence-electron chi connectivity index (χ4n) is 2.70. The zero-order valence-corrected chi connectivity index (χ0v) is 14.3. The maximum atomic E-state index is 12.5. The molecule has 6 nitrogen and oxygen atoms in total. The van der Waals surface area contributed by atoms with Crippen LogP contribution in [0.1, 0.15) is 15.9 Å². The van der Waals surface area contributed by atoms with Crippen LogP contribution >= 0.6 is 0 Å². The molecule has 0 aliphatic carbocycles. The lowest BCUT2D eigenvalue weighted by Gasteiger charge is -2.09. The molecule has 0 atom stereocenters. The predicted molar refractivity (Wildman–Crippen MR) is 102 cm³/mol. The van der Waals surface area contributed by atoms with Gasteiger partial charge in [-0.3, -0.25) is 9.78 Å². The lowest BCUT2D eigenvalue weighted by Crippen LogP contribution is -2.11. The number of carbonyl (C=O) groups is 1. The maximum Gasteiger partial charge on any atom is 0.417 e. The number of hydrogen-bond acceptors (Lipinski definition) is 4. The molecular weight excluding hydrogens is 344 g/mol. The van der Waals surface area contributed by atoms with Gasteiger partial charge in [0.2, 0.25) is 0 Å². The minimum Gasteiger partial charge on any atom is -0.489 e. The third-order valence-corrected chi connectivity index (χ3v) is 4.02. The fraction of sp³-hybridized carbons (Fsp3) is 0.0476. The van der Waals surface area contributed by atoms with E-state index in [2.05, 4.69) is 10.3 Å². The summed E-state index contributed by atoms with van der Waals surface area (Å²) < 4.78 is 10.7. The number of nitrogens with one attached hydrogen (secondary N) is 2. The Bertz CT molecular complexity index is 1150. The molecule has 0 radical (unpaired) electrons. The van der Waals surface area contributed by atoms with Crippen LogP contribution in [0.5, 0.6) is 5.75 Å². The van der Waals surface area contributed by atoms with E-state index in [1.165, 1.54) is 0 Å². The largest absolute Gasteiger partial charge is 0.489 e. The van der Waals surface area contributed by atoms with E-state index in [-0.39, 0.29) is 5.91 Å². The second kappa shape index (κ2) is 7.21. The zero-order valence-electron chi connectivity index (χ0n) is 14.3. The molecule has 4 aromatic rings. The quantitative estimate of drug-likeness (QED) is 0.564. The van der Waals surface area contributed by atoms with E-state index < -0.39 is 5.76 Å². The molecule has 0 saturated carbocycles. The highest BCUT2D eigenvalue weighted by Gasteiger charge is 2.10. The van der Waals surface area contributed by atoms with Gasteiger partial charge in [-0.2, -0.15) is 0 Å². The van der Waals surface area contributed by atoms with Crippen molar-refractivity contribution < 1.29 is 13.9 Å². The van der Waals surface area contributed by atoms with Crippen molar-refractivity contribution in [3.8, 4) is 5.75 Å². The third kappa shape index (κ3) is 3.90. The Morgan fingerprint density at radius 1 is 1.00 bits per heavy atom. The van der Waals surface area contributed by atoms with Gasteiger partial charge in [0.15, 0.2) is 5.58 Å². The number of amides is 1. The van der Waals surface area contributed by atoms with Crippen LogP contribution in [0.3, 0.4) is 0 Å². The molecule has 0 unspecified atom stereocenters. The summed E-state index contributed by atoms with van der Waals surface area (Å²) in [4.78, 5) is 26.2. The first-order valence-corrected chi connectivity index (χ1v) is 8.38. The Labute approximate surface area is 154 Å². The molecule has 0 bridgehead atoms. The van der Waals surface area contributed by atoms with E-state index >= 15 is 0 Å². The summed E-state index contributed by atoms with van der Waals surface area (Å²) in [5.41, 5.74) is 2.98. The van der Waals surface area contributed by atoms with Gasteiger partial charge in [0.25, 0.3) is 5.91 Å². The van der Waals surface area contributed by atoms with Gasteiger partial charge in [-0.15, -0.1) is 0 Å². The van der Waals surface area contributed by atoms with Crippen molar-refractivity contribution in [2.45, 2.75) is 6.61 Å². The number of aromatic nitrogens is 1. The van der Waals surface area contributed by atoms with Gasteiger partial charge in [-0.05, 0) is 35.9 Å². The molecule has 0 spiro atoms. The van der Waals surface area contributed by atoms with Crippen molar-refractivity contribution >= 4 is 22.7 Å². The van der Waals surface area contributed by atoms with Gasteiger partial charge < -0.3 is 14.5 Å². The molecule has 0 saturated heterocycles. The summed E-state index contributed by atoms with van der Waals surface area (Å²) >= 11 is 0. The second-order valence-corrected chi connectivity index (χ2v) is 5.98. The number of H-pyrrole nitrogens is 1. The zero-order chi connectivity index (χ0) is 18.6. The molecule has 0 fully saturated rings. The number of hydrogen-bond donors (Lipinski definition) is 2. The van der Waals surface area contributed by atoms with Gasteiger partial charge in [-0.1, -0.05) is 36.4 Å². The summed E-state index contributed by atoms with van der Waals surface area (Å²) in [6, 6.07) is 21.8. The molecule has 3 aromatic carbocycles. The van der Waals surface area contributed by atoms with E-state index in [1.54, 1.807) is 30.3 Å². The van der Waals surface area contributed by atoms with Gasteiger partial charge in [0.05, 0.1) is 5.52 Å². The van der Waals surface area contributed by atoms with Crippen LogP contribution in [0.25, 0.3) is 11.1 Å². The fourth-order valence-corrected chi connectivity index (χ4v) is 2.70. The number of oxazole rings is 1. The standard InChI is InChI=1S/C21H16N2O4/c24-20(15-9-10-19-18(11-15)23-21(25)27-19)22-16-7-4-8-17(12-16)26-13-14-5-2-1-3-6-14/h1-12H,13H2,(H,22,24)(H,23,25). The van der Waals surface area contributed by atoms with Crippen LogP contribution in [0.4, 0.5) is 5.69 Å². The minimum atomic E-state index is -0.550. The van der Waals surface area contributed by atoms with Crippen molar-refractivity contribution in [2.24, 2.45) is 0 Å². The van der Waals surface area contributed by atoms with E-state index in [9.17, 15) is 9.59 Å². The lowest BCUT2D eigenvalue weighted by atomic mass is 10.2. The van der Waals surface area contributed by atoms with Crippen molar-refractivity contribution in [1.29, 1.82) is 0 Å². The minimum absolute atomic E-state index is 0.292. The average molecular weight is 360 g/mol. The molecule has 1 amide bonds. The van der Waals surface area contributed by atoms with Crippen LogP contribution in [-0.4, -0.2) is 10.9 Å². The average Bonchev–Trinajstić information content (AvgIpc) is 3.06. The van der Waals surface area contributed by atoms with E-state index in [1.807, 2.05) is 42.5 Å². The van der Waals surface area contributed by atoms with E-state index in [4.69, 9.17) is 9.15 Å². The van der Waals surface area contributed by atoms with Crippen molar-refractivity contribution in [1.82, 2.24) is 4.98 Å². The van der Waals surface area contributed by atoms with Crippen LogP contribution in [0.2, 0.25) is 0 Å². The van der Waals surface area contributed by atoms with Gasteiger partial charge >= 0.3 is 5.76 Å². The first-order chi connectivity index (χ1) is 13.2. The highest BCUT2D eigenvalue weighted by atomic mass is 16.5. The highest BCUT2D eigenvalue weighted by Crippen LogP contribution is 2.20. The molecule has 0 aliphatic heterocycles. The Kier molecular flexibility index (Phi) is 4.45. The summed E-state index contributed by atoms with van der Waals surface area (Å²) in [6.45, 7) is 0.447. The van der Waals surface area contributed by atoms with Crippen LogP contribution in [-0.2, 0) is 6.61 Å². The van der Waals surface area contributed by atoms with Crippen LogP contribution in [0, 0.1) is 0 Å². The third-order valence-electron chi connectivity index (χ3n) is 4.02. The predicted octanol–water partition coefficient (Wildman–Crippen LogP) is 3.95. The number of anilines is 1. The Morgan fingerprint density at radius 3 is 2.70 bits per heavy atom. The van der Waals surface area contributed by atoms with Gasteiger partial charge in [0.1, 0.15) is 12.4 Å². The molecule has 134 valence electrons. The SMILES string of the molecule is O=C(Nc1cccc(OCc2ccccc2)c1)c1ccc2oc(=O)[nH]c2c1. The van der Waals surface area contributed by atoms with Crippen molar-refractivity contribution in [3.63, 3.8) is 0 Å². The monoisotopic (exact) mass is 360 g/mol. The summed E-state index contributed by atoms with van der Waals surface area (Å²) in [6.07, 6.45) is 0. The molecule has 1 aromatic heterocycles. The van der Waals surface area contributed by atoms with Gasteiger partial charge in [-0.25, -0.2) is 4.79 Å². The smallest absolute Gasteiger partial charge is 0.417 e. The molecule has 6 heteroatoms. The number of fused-ring (bicyclic) bond motifs is 1. The topological polar surface area (TPSA) is 84.3 Å². The summed E-state index contributed by atoms with van der Waals surface area (Å²) in [7, 11) is 0. The Hall–Kier alpha value is -3.80. The molecular formula is C21H16N2O4. The van der Waals surface area contributed by atoms with E-state index in [0.717, 1.165) is 5.56 Å². The first-order valence-electron chi connectivity index (χ1n) is 8.38. The highest BCUT2D eigenvalue weighted by molar-refractivity contribution is 6.05. The first kappa shape index (κ1) is 16.7. The summed E-state index contributed by atoms with van der Waals surface area (Å²) in [5, 5.41) is 2.83. The number of ether oxygens (including phenoxy) is 1. The number of rotatable bonds is 5. The number of carbonyl (C=O) groups excluding carboxylic acids is 1. The second-order valence-electron chi connectivity index (χ2n) is 5.98. The molecule has 1 heterocycles. The number of benzene rings is 3. The van der Waals surface area contributed by atoms with Gasteiger partial charge in [0, 0.05) is 17.3 Å². The molecule has 27 heavy (non-hydrogen) atoms. The van der Waals surface area contributed by atoms with Crippen LogP contribution < -0.4 is 15.8 Å². The Balaban J connectivity index is 1.46. The molecule has 2 N–H and O–H groups in total. The lowest BCUT2D eigenvalue weighted by molar-refractivity contribution is 0.102. The molecule has 4 rings (SSSR count). The normalized spacial score (nSPS) is 10.7. The maximum absolute atomic E-state index is 12.5. The van der Waals surface area contributed by atoms with Crippen molar-refractivity contribution in [3.05, 3.63) is 94.5 Å². The Morgan fingerprint density at radius 2 is 1.85 bits per heavy atom. The van der Waals surface area contributed by atoms with E-state index in [0.29, 0.717) is 34.7 Å². The summed E-state index contributed by atoms with van der Waals surface area (Å²) in [5.74, 6) is -0.184.